The van der Waals surface area contributed by atoms with Crippen LogP contribution in [0.3, 0.4) is 0 Å². The predicted octanol–water partition coefficient (Wildman–Crippen LogP) is 2.99. The topological polar surface area (TPSA) is 46.6 Å². The van der Waals surface area contributed by atoms with Gasteiger partial charge in [0.05, 0.1) is 7.11 Å². The van der Waals surface area contributed by atoms with E-state index in [4.69, 9.17) is 4.74 Å². The highest BCUT2D eigenvalue weighted by molar-refractivity contribution is 6.24. The molecule has 2 aromatic carbocycles. The van der Waals surface area contributed by atoms with Gasteiger partial charge in [-0.2, -0.15) is 0 Å². The fourth-order valence-corrected chi connectivity index (χ4v) is 4.25. The molecule has 0 bridgehead atoms. The first-order valence-electron chi connectivity index (χ1n) is 9.34. The number of hydrogen-bond donors (Lipinski definition) is 0. The van der Waals surface area contributed by atoms with Gasteiger partial charge in [0.2, 0.25) is 0 Å². The molecule has 1 aliphatic carbocycles. The first kappa shape index (κ1) is 17.7. The quantitative estimate of drug-likeness (QED) is 0.768. The van der Waals surface area contributed by atoms with E-state index in [1.165, 1.54) is 7.11 Å². The molecule has 1 heterocycles. The van der Waals surface area contributed by atoms with Crippen molar-refractivity contribution in [3.8, 4) is 0 Å². The van der Waals surface area contributed by atoms with E-state index in [0.717, 1.165) is 16.7 Å². The van der Waals surface area contributed by atoms with Crippen LogP contribution in [0, 0.1) is 11.8 Å². The number of fused-ring (bicyclic) bond motifs is 1. The lowest BCUT2D eigenvalue weighted by atomic mass is 9.97. The number of likely N-dealkylation sites (tertiary alicyclic amines) is 1. The van der Waals surface area contributed by atoms with Gasteiger partial charge in [0, 0.05) is 30.5 Å². The molecule has 0 N–H and O–H groups in total. The summed E-state index contributed by atoms with van der Waals surface area (Å²) in [6.45, 7) is 1.31. The number of hydrogen-bond acceptors (Lipinski definition) is 4. The van der Waals surface area contributed by atoms with Crippen LogP contribution in [-0.4, -0.2) is 42.9 Å². The number of carbonyl (C=O) groups excluding carboxylic acids is 2. The Morgan fingerprint density at radius 3 is 2.37 bits per heavy atom. The minimum Gasteiger partial charge on any atom is -0.468 e. The zero-order valence-electron chi connectivity index (χ0n) is 15.4. The zero-order valence-corrected chi connectivity index (χ0v) is 15.4. The lowest BCUT2D eigenvalue weighted by molar-refractivity contribution is -0.146. The smallest absolute Gasteiger partial charge is 0.323 e. The van der Waals surface area contributed by atoms with Crippen LogP contribution in [-0.2, 0) is 20.7 Å². The van der Waals surface area contributed by atoms with Crippen molar-refractivity contribution in [1.29, 1.82) is 0 Å². The number of ketones is 1. The van der Waals surface area contributed by atoms with Crippen LogP contribution in [0.25, 0.3) is 5.57 Å². The molecule has 27 heavy (non-hydrogen) atoms. The lowest BCUT2D eigenvalue weighted by Gasteiger charge is -2.26. The summed E-state index contributed by atoms with van der Waals surface area (Å²) in [5.41, 5.74) is 2.90. The molecule has 4 heteroatoms. The summed E-state index contributed by atoms with van der Waals surface area (Å²) < 4.78 is 5.06. The molecule has 1 unspecified atom stereocenters. The Hall–Kier alpha value is -2.72. The predicted molar refractivity (Wildman–Crippen MR) is 104 cm³/mol. The Kier molecular flexibility index (Phi) is 4.90. The molecule has 3 atom stereocenters. The van der Waals surface area contributed by atoms with Crippen molar-refractivity contribution < 1.29 is 14.3 Å². The van der Waals surface area contributed by atoms with Crippen molar-refractivity contribution in [3.63, 3.8) is 0 Å². The summed E-state index contributed by atoms with van der Waals surface area (Å²) in [6.07, 6.45) is 2.69. The fourth-order valence-electron chi connectivity index (χ4n) is 4.25. The maximum Gasteiger partial charge on any atom is 0.323 e. The van der Waals surface area contributed by atoms with Crippen molar-refractivity contribution in [3.05, 3.63) is 77.9 Å². The second-order valence-electron chi connectivity index (χ2n) is 7.26. The van der Waals surface area contributed by atoms with Crippen LogP contribution in [0.1, 0.15) is 11.1 Å². The number of carbonyl (C=O) groups is 2. The number of Topliss-reactive ketones (excluding diaryl/α,β-unsaturated/α-hetero) is 1. The second kappa shape index (κ2) is 7.49. The summed E-state index contributed by atoms with van der Waals surface area (Å²) >= 11 is 0. The highest BCUT2D eigenvalue weighted by Gasteiger charge is 2.45. The summed E-state index contributed by atoms with van der Waals surface area (Å²) in [5, 5.41) is 0. The third kappa shape index (κ3) is 3.45. The third-order valence-electron chi connectivity index (χ3n) is 5.65. The molecule has 2 aromatic rings. The molecule has 0 saturated carbocycles. The Labute approximate surface area is 159 Å². The molecule has 1 fully saturated rings. The average Bonchev–Trinajstić information content (AvgIpc) is 3.26. The molecule has 1 saturated heterocycles. The van der Waals surface area contributed by atoms with Gasteiger partial charge in [0.1, 0.15) is 6.04 Å². The standard InChI is InChI=1S/C23H23NO3/c1-27-23(26)21(12-16-8-4-2-5-9-16)24-14-18-13-19(22(25)20(18)15-24)17-10-6-3-7-11-17/h2-11,13,18,20-21H,12,14-15H2,1H3/t18-,20+,21?/m0/s1. The number of methoxy groups -OCH3 is 1. The van der Waals surface area contributed by atoms with Crippen molar-refractivity contribution in [2.45, 2.75) is 12.5 Å². The number of rotatable bonds is 5. The van der Waals surface area contributed by atoms with Gasteiger partial charge in [0.15, 0.2) is 5.78 Å². The molecular weight excluding hydrogens is 338 g/mol. The zero-order chi connectivity index (χ0) is 18.8. The summed E-state index contributed by atoms with van der Waals surface area (Å²) in [6, 6.07) is 19.4. The van der Waals surface area contributed by atoms with E-state index < -0.39 is 0 Å². The molecule has 4 rings (SSSR count). The molecule has 0 amide bonds. The third-order valence-corrected chi connectivity index (χ3v) is 5.65. The van der Waals surface area contributed by atoms with Crippen molar-refractivity contribution in [1.82, 2.24) is 4.90 Å². The summed E-state index contributed by atoms with van der Waals surface area (Å²) in [4.78, 5) is 27.5. The van der Waals surface area contributed by atoms with E-state index in [0.29, 0.717) is 19.5 Å². The monoisotopic (exact) mass is 361 g/mol. The normalized spacial score (nSPS) is 23.0. The molecule has 0 radical (unpaired) electrons. The van der Waals surface area contributed by atoms with E-state index in [-0.39, 0.29) is 29.6 Å². The van der Waals surface area contributed by atoms with Gasteiger partial charge in [-0.3, -0.25) is 14.5 Å². The summed E-state index contributed by atoms with van der Waals surface area (Å²) in [5.74, 6) is 0.0503. The van der Waals surface area contributed by atoms with E-state index in [1.807, 2.05) is 60.7 Å². The van der Waals surface area contributed by atoms with Gasteiger partial charge in [-0.05, 0) is 17.5 Å². The molecule has 0 aromatic heterocycles. The van der Waals surface area contributed by atoms with E-state index in [9.17, 15) is 9.59 Å². The number of nitrogens with zero attached hydrogens (tertiary/aromatic N) is 1. The maximum atomic E-state index is 12.9. The second-order valence-corrected chi connectivity index (χ2v) is 7.26. The first-order chi connectivity index (χ1) is 13.2. The van der Waals surface area contributed by atoms with E-state index in [1.54, 1.807) is 0 Å². The van der Waals surface area contributed by atoms with Crippen LogP contribution >= 0.6 is 0 Å². The molecule has 138 valence electrons. The van der Waals surface area contributed by atoms with Crippen LogP contribution in [0.5, 0.6) is 0 Å². The highest BCUT2D eigenvalue weighted by Crippen LogP contribution is 2.39. The van der Waals surface area contributed by atoms with Crippen LogP contribution in [0.4, 0.5) is 0 Å². The van der Waals surface area contributed by atoms with Gasteiger partial charge in [-0.25, -0.2) is 0 Å². The number of allylic oxidation sites excluding steroid dienone is 1. The largest absolute Gasteiger partial charge is 0.468 e. The van der Waals surface area contributed by atoms with Crippen molar-refractivity contribution in [2.75, 3.05) is 20.2 Å². The molecule has 4 nitrogen and oxygen atoms in total. The van der Waals surface area contributed by atoms with Gasteiger partial charge in [-0.15, -0.1) is 0 Å². The Balaban J connectivity index is 1.53. The molecular formula is C23H23NO3. The molecule has 2 aliphatic rings. The SMILES string of the molecule is COC(=O)C(Cc1ccccc1)N1C[C@@H]2C=C(c3ccccc3)C(=O)[C@@H]2C1. The maximum absolute atomic E-state index is 12.9. The molecule has 1 aliphatic heterocycles. The highest BCUT2D eigenvalue weighted by atomic mass is 16.5. The van der Waals surface area contributed by atoms with Crippen LogP contribution in [0.15, 0.2) is 66.7 Å². The Morgan fingerprint density at radius 1 is 1.07 bits per heavy atom. The van der Waals surface area contributed by atoms with E-state index in [2.05, 4.69) is 11.0 Å². The van der Waals surface area contributed by atoms with Crippen molar-refractivity contribution in [2.24, 2.45) is 11.8 Å². The average molecular weight is 361 g/mol. The van der Waals surface area contributed by atoms with Gasteiger partial charge >= 0.3 is 5.97 Å². The van der Waals surface area contributed by atoms with Crippen molar-refractivity contribution >= 4 is 17.3 Å². The first-order valence-corrected chi connectivity index (χ1v) is 9.34. The van der Waals surface area contributed by atoms with Gasteiger partial charge in [0.25, 0.3) is 0 Å². The Bertz CT molecular complexity index is 860. The minimum atomic E-state index is -0.357. The number of esters is 1. The summed E-state index contributed by atoms with van der Waals surface area (Å²) in [7, 11) is 1.43. The number of ether oxygens (including phenoxy) is 1. The fraction of sp³-hybridized carbons (Fsp3) is 0.304. The lowest BCUT2D eigenvalue weighted by Crippen LogP contribution is -2.42. The Morgan fingerprint density at radius 2 is 1.74 bits per heavy atom. The number of benzene rings is 2. The van der Waals surface area contributed by atoms with Crippen LogP contribution in [0.2, 0.25) is 0 Å². The molecule has 0 spiro atoms. The van der Waals surface area contributed by atoms with Gasteiger partial charge < -0.3 is 4.74 Å². The minimum absolute atomic E-state index is 0.0665. The van der Waals surface area contributed by atoms with Crippen LogP contribution < -0.4 is 0 Å². The van der Waals surface area contributed by atoms with E-state index >= 15 is 0 Å². The van der Waals surface area contributed by atoms with Gasteiger partial charge in [-0.1, -0.05) is 66.7 Å².